The minimum absolute atomic E-state index is 0.113. The number of ketones is 1. The fourth-order valence-corrected chi connectivity index (χ4v) is 2.86. The summed E-state index contributed by atoms with van der Waals surface area (Å²) in [7, 11) is 0. The van der Waals surface area contributed by atoms with Crippen LogP contribution in [0.2, 0.25) is 5.02 Å². The summed E-state index contributed by atoms with van der Waals surface area (Å²) in [4.78, 5) is 23.5. The van der Waals surface area contributed by atoms with Crippen molar-refractivity contribution in [1.29, 1.82) is 0 Å². The van der Waals surface area contributed by atoms with Crippen LogP contribution in [0.3, 0.4) is 0 Å². The molecule has 4 nitrogen and oxygen atoms in total. The highest BCUT2D eigenvalue weighted by atomic mass is 35.5. The number of Topliss-reactive ketones (excluding diaryl/α,β-unsaturated/α-hetero) is 1. The maximum absolute atomic E-state index is 11.5. The van der Waals surface area contributed by atoms with Crippen molar-refractivity contribution < 1.29 is 9.72 Å². The van der Waals surface area contributed by atoms with E-state index in [1.54, 1.807) is 18.2 Å². The second kappa shape index (κ2) is 6.07. The molecule has 0 fully saturated rings. The summed E-state index contributed by atoms with van der Waals surface area (Å²) < 4.78 is 0. The molecule has 2 aromatic rings. The molecule has 0 saturated heterocycles. The number of carbonyl (C=O) groups is 1. The number of benzene rings is 2. The fraction of sp³-hybridized carbons (Fsp3) is 0.0714. The second-order valence-electron chi connectivity index (χ2n) is 4.05. The Labute approximate surface area is 124 Å². The third kappa shape index (κ3) is 3.37. The van der Waals surface area contributed by atoms with Crippen LogP contribution in [-0.2, 0) is 0 Å². The average molecular weight is 308 g/mol. The van der Waals surface area contributed by atoms with Crippen molar-refractivity contribution in [2.75, 3.05) is 0 Å². The van der Waals surface area contributed by atoms with E-state index < -0.39 is 4.92 Å². The number of carbonyl (C=O) groups excluding carboxylic acids is 1. The highest BCUT2D eigenvalue weighted by Gasteiger charge is 2.17. The van der Waals surface area contributed by atoms with Crippen molar-refractivity contribution in [2.45, 2.75) is 16.7 Å². The Morgan fingerprint density at radius 2 is 1.90 bits per heavy atom. The molecule has 0 aliphatic rings. The van der Waals surface area contributed by atoms with Gasteiger partial charge >= 0.3 is 0 Å². The van der Waals surface area contributed by atoms with Gasteiger partial charge in [0.1, 0.15) is 0 Å². The molecule has 0 atom stereocenters. The van der Waals surface area contributed by atoms with E-state index in [1.807, 2.05) is 12.1 Å². The van der Waals surface area contributed by atoms with Crippen LogP contribution in [0.1, 0.15) is 17.3 Å². The molecule has 0 spiro atoms. The van der Waals surface area contributed by atoms with Crippen LogP contribution < -0.4 is 0 Å². The molecule has 20 heavy (non-hydrogen) atoms. The zero-order valence-corrected chi connectivity index (χ0v) is 12.1. The highest BCUT2D eigenvalue weighted by Crippen LogP contribution is 2.32. The van der Waals surface area contributed by atoms with Crippen molar-refractivity contribution in [1.82, 2.24) is 0 Å². The van der Waals surface area contributed by atoms with Gasteiger partial charge in [0.15, 0.2) is 5.78 Å². The first-order chi connectivity index (χ1) is 9.47. The summed E-state index contributed by atoms with van der Waals surface area (Å²) in [5, 5.41) is 11.5. The Balaban J connectivity index is 2.36. The van der Waals surface area contributed by atoms with Gasteiger partial charge in [-0.1, -0.05) is 29.4 Å². The number of rotatable bonds is 4. The summed E-state index contributed by atoms with van der Waals surface area (Å²) in [6.45, 7) is 1.32. The summed E-state index contributed by atoms with van der Waals surface area (Å²) in [5.41, 5.74) is -0.0602. The SMILES string of the molecule is CC(=O)c1cc(Sc2cccc(Cl)c2)ccc1[N+](=O)[O-]. The third-order valence-corrected chi connectivity index (χ3v) is 3.79. The largest absolute Gasteiger partial charge is 0.294 e. The van der Waals surface area contributed by atoms with Crippen LogP contribution in [0.4, 0.5) is 5.69 Å². The molecule has 6 heteroatoms. The molecular weight excluding hydrogens is 298 g/mol. The highest BCUT2D eigenvalue weighted by molar-refractivity contribution is 7.99. The topological polar surface area (TPSA) is 60.2 Å². The van der Waals surface area contributed by atoms with Crippen molar-refractivity contribution >= 4 is 34.8 Å². The zero-order valence-electron chi connectivity index (χ0n) is 10.5. The van der Waals surface area contributed by atoms with Crippen LogP contribution in [-0.4, -0.2) is 10.7 Å². The van der Waals surface area contributed by atoms with Crippen molar-refractivity contribution in [3.63, 3.8) is 0 Å². The Morgan fingerprint density at radius 1 is 1.20 bits per heavy atom. The maximum atomic E-state index is 11.5. The first-order valence-electron chi connectivity index (χ1n) is 5.70. The molecule has 0 saturated carbocycles. The lowest BCUT2D eigenvalue weighted by atomic mass is 10.1. The monoisotopic (exact) mass is 307 g/mol. The first-order valence-corrected chi connectivity index (χ1v) is 6.89. The molecule has 0 amide bonds. The van der Waals surface area contributed by atoms with E-state index in [0.717, 1.165) is 9.79 Å². The molecule has 102 valence electrons. The lowest BCUT2D eigenvalue weighted by Gasteiger charge is -2.05. The van der Waals surface area contributed by atoms with Crippen molar-refractivity contribution in [3.8, 4) is 0 Å². The number of nitrogens with zero attached hydrogens (tertiary/aromatic N) is 1. The van der Waals surface area contributed by atoms with Crippen LogP contribution in [0.15, 0.2) is 52.3 Å². The third-order valence-electron chi connectivity index (χ3n) is 2.58. The van der Waals surface area contributed by atoms with Gasteiger partial charge in [-0.3, -0.25) is 14.9 Å². The average Bonchev–Trinajstić information content (AvgIpc) is 2.38. The Morgan fingerprint density at radius 3 is 2.50 bits per heavy atom. The van der Waals surface area contributed by atoms with Gasteiger partial charge in [-0.2, -0.15) is 0 Å². The number of halogens is 1. The van der Waals surface area contributed by atoms with E-state index in [4.69, 9.17) is 11.6 Å². The quantitative estimate of drug-likeness (QED) is 0.470. The van der Waals surface area contributed by atoms with E-state index in [2.05, 4.69) is 0 Å². The van der Waals surface area contributed by atoms with E-state index in [9.17, 15) is 14.9 Å². The van der Waals surface area contributed by atoms with Crippen LogP contribution >= 0.6 is 23.4 Å². The van der Waals surface area contributed by atoms with E-state index in [1.165, 1.54) is 30.8 Å². The summed E-state index contributed by atoms with van der Waals surface area (Å²) in [5.74, 6) is -0.328. The van der Waals surface area contributed by atoms with Gasteiger partial charge in [-0.15, -0.1) is 0 Å². The molecule has 0 unspecified atom stereocenters. The van der Waals surface area contributed by atoms with E-state index in [0.29, 0.717) is 5.02 Å². The number of hydrogen-bond donors (Lipinski definition) is 0. The van der Waals surface area contributed by atoms with Crippen molar-refractivity contribution in [3.05, 3.63) is 63.2 Å². The molecular formula is C14H10ClNO3S. The Kier molecular flexibility index (Phi) is 4.42. The minimum atomic E-state index is -0.551. The molecule has 0 aliphatic carbocycles. The van der Waals surface area contributed by atoms with Gasteiger partial charge in [-0.25, -0.2) is 0 Å². The first kappa shape index (κ1) is 14.6. The summed E-state index contributed by atoms with van der Waals surface area (Å²) >= 11 is 7.30. The molecule has 2 aromatic carbocycles. The number of hydrogen-bond acceptors (Lipinski definition) is 4. The maximum Gasteiger partial charge on any atom is 0.280 e. The van der Waals surface area contributed by atoms with Crippen molar-refractivity contribution in [2.24, 2.45) is 0 Å². The normalized spacial score (nSPS) is 10.3. The lowest BCUT2D eigenvalue weighted by Crippen LogP contribution is -2.00. The molecule has 0 heterocycles. The van der Waals surface area contributed by atoms with Crippen LogP contribution in [0, 0.1) is 10.1 Å². The van der Waals surface area contributed by atoms with Gasteiger partial charge < -0.3 is 0 Å². The zero-order chi connectivity index (χ0) is 14.7. The predicted octanol–water partition coefficient (Wildman–Crippen LogP) is 4.60. The standard InChI is InChI=1S/C14H10ClNO3S/c1-9(17)13-8-12(5-6-14(13)16(18)19)20-11-4-2-3-10(15)7-11/h2-8H,1H3. The Bertz CT molecular complexity index is 688. The minimum Gasteiger partial charge on any atom is -0.294 e. The lowest BCUT2D eigenvalue weighted by molar-refractivity contribution is -0.385. The van der Waals surface area contributed by atoms with Gasteiger partial charge in [0, 0.05) is 20.9 Å². The molecule has 0 bridgehead atoms. The second-order valence-corrected chi connectivity index (χ2v) is 5.64. The summed E-state index contributed by atoms with van der Waals surface area (Å²) in [6, 6.07) is 11.8. The molecule has 2 rings (SSSR count). The van der Waals surface area contributed by atoms with E-state index in [-0.39, 0.29) is 17.0 Å². The Hall–Kier alpha value is -1.85. The van der Waals surface area contributed by atoms with Gasteiger partial charge in [0.05, 0.1) is 10.5 Å². The smallest absolute Gasteiger partial charge is 0.280 e. The van der Waals surface area contributed by atoms with E-state index >= 15 is 0 Å². The molecule has 0 radical (unpaired) electrons. The number of nitro benzene ring substituents is 1. The van der Waals surface area contributed by atoms with Crippen LogP contribution in [0.5, 0.6) is 0 Å². The molecule has 0 N–H and O–H groups in total. The van der Waals surface area contributed by atoms with Gasteiger partial charge in [0.25, 0.3) is 5.69 Å². The van der Waals surface area contributed by atoms with Gasteiger partial charge in [0.2, 0.25) is 0 Å². The fourth-order valence-electron chi connectivity index (χ4n) is 1.69. The molecule has 0 aliphatic heterocycles. The molecule has 0 aromatic heterocycles. The van der Waals surface area contributed by atoms with Crippen LogP contribution in [0.25, 0.3) is 0 Å². The predicted molar refractivity (Wildman–Crippen MR) is 78.7 cm³/mol. The van der Waals surface area contributed by atoms with Gasteiger partial charge in [-0.05, 0) is 37.3 Å². The summed E-state index contributed by atoms with van der Waals surface area (Å²) in [6.07, 6.45) is 0. The number of nitro groups is 1.